The van der Waals surface area contributed by atoms with Gasteiger partial charge in [-0.05, 0) is 84.9 Å². The van der Waals surface area contributed by atoms with E-state index in [4.69, 9.17) is 33.2 Å². The lowest BCUT2D eigenvalue weighted by Crippen LogP contribution is -2.82. The highest BCUT2D eigenvalue weighted by atomic mass is 33.1. The van der Waals surface area contributed by atoms with Crippen LogP contribution < -0.4 is 10.1 Å². The van der Waals surface area contributed by atoms with Gasteiger partial charge in [0.05, 0.1) is 43.6 Å². The summed E-state index contributed by atoms with van der Waals surface area (Å²) in [5, 5.41) is 40.2. The number of aryl methyl sites for hydroxylation is 1. The standard InChI is InChI=1S/C47H65NO16S2.C2H6/c1-23(2)18-28(48-42(56)64-43(6,7)8)35(52)41(55)60-30-21-47(57)39(62-40(54)27-19-24(3)14-15-29(27)58-12)37-45(11,31(50)20-32-46(37,22-59-32)63-26(5)49)38(53)36(34(25(30)4)44(47,9)10)61-33(51)16-17-66-65-13;1-2/h14-15,18-19,28,30-32,35-37,39,50,52,57H,16-17,20-22H2,1-13H3,(H,48,56);1-2H3/t28-,30-,31-,32+,35+,36+,37-,39?,45+,46-,47+;/m0./s1. The number of carbonyl (C=O) groups excluding carboxylic acids is 6. The molecule has 1 aliphatic heterocycles. The molecule has 19 heteroatoms. The lowest BCUT2D eigenvalue weighted by molar-refractivity contribution is -0.346. The van der Waals surface area contributed by atoms with E-state index in [2.05, 4.69) is 5.32 Å². The maximum Gasteiger partial charge on any atom is 0.408 e. The number of fused-ring (bicyclic) bond motifs is 5. The molecule has 4 N–H and O–H groups in total. The molecule has 2 bridgehead atoms. The Labute approximate surface area is 407 Å². The van der Waals surface area contributed by atoms with Crippen LogP contribution in [0.15, 0.2) is 41.0 Å². The van der Waals surface area contributed by atoms with Crippen LogP contribution in [0.4, 0.5) is 4.79 Å². The number of alkyl carbamates (subject to hydrolysis) is 1. The molecule has 0 spiro atoms. The van der Waals surface area contributed by atoms with Crippen molar-refractivity contribution in [1.29, 1.82) is 0 Å². The van der Waals surface area contributed by atoms with Crippen molar-refractivity contribution in [3.63, 3.8) is 0 Å². The number of amides is 1. The summed E-state index contributed by atoms with van der Waals surface area (Å²) in [5.74, 6) is -5.91. The largest absolute Gasteiger partial charge is 0.496 e. The molecule has 11 atom stereocenters. The topological polar surface area (TPSA) is 240 Å². The van der Waals surface area contributed by atoms with Crippen LogP contribution in [0, 0.1) is 23.7 Å². The number of aliphatic hydroxyl groups excluding tert-OH is 2. The zero-order valence-electron chi connectivity index (χ0n) is 41.9. The van der Waals surface area contributed by atoms with E-state index in [0.29, 0.717) is 16.9 Å². The van der Waals surface area contributed by atoms with Crippen molar-refractivity contribution in [1.82, 2.24) is 5.32 Å². The molecule has 0 radical (unpaired) electrons. The molecule has 68 heavy (non-hydrogen) atoms. The predicted molar refractivity (Wildman–Crippen MR) is 255 cm³/mol. The van der Waals surface area contributed by atoms with Crippen LogP contribution in [0.25, 0.3) is 0 Å². The summed E-state index contributed by atoms with van der Waals surface area (Å²) in [5.41, 5.74) is -7.66. The number of allylic oxidation sites excluding steroid dienone is 1. The van der Waals surface area contributed by atoms with Gasteiger partial charge in [-0.3, -0.25) is 14.4 Å². The van der Waals surface area contributed by atoms with E-state index in [0.717, 1.165) is 6.92 Å². The maximum absolute atomic E-state index is 15.8. The number of aliphatic hydroxyl groups is 3. The third kappa shape index (κ3) is 11.1. The number of ether oxygens (including phenoxy) is 7. The van der Waals surface area contributed by atoms with Gasteiger partial charge in [0.25, 0.3) is 0 Å². The molecule has 4 aliphatic rings. The zero-order valence-corrected chi connectivity index (χ0v) is 43.6. The summed E-state index contributed by atoms with van der Waals surface area (Å²) in [4.78, 5) is 84.7. The molecule has 0 aromatic heterocycles. The molecule has 1 aromatic carbocycles. The van der Waals surface area contributed by atoms with Crippen LogP contribution in [-0.2, 0) is 47.6 Å². The summed E-state index contributed by atoms with van der Waals surface area (Å²) in [6.07, 6.45) is -8.59. The number of nitrogens with one attached hydrogen (secondary N) is 1. The molecule has 1 unspecified atom stereocenters. The Morgan fingerprint density at radius 2 is 1.68 bits per heavy atom. The van der Waals surface area contributed by atoms with Gasteiger partial charge in [-0.15, -0.1) is 0 Å². The lowest BCUT2D eigenvalue weighted by Gasteiger charge is -2.67. The van der Waals surface area contributed by atoms with E-state index >= 15 is 4.79 Å². The van der Waals surface area contributed by atoms with Crippen molar-refractivity contribution in [2.75, 3.05) is 25.7 Å². The van der Waals surface area contributed by atoms with Gasteiger partial charge in [-0.1, -0.05) is 72.6 Å². The smallest absolute Gasteiger partial charge is 0.408 e. The first-order valence-electron chi connectivity index (χ1n) is 22.8. The molecule has 2 saturated carbocycles. The van der Waals surface area contributed by atoms with Crippen molar-refractivity contribution in [3.05, 3.63) is 52.1 Å². The molecule has 3 aliphatic carbocycles. The minimum atomic E-state index is -2.45. The maximum atomic E-state index is 15.8. The molecule has 17 nitrogen and oxygen atoms in total. The van der Waals surface area contributed by atoms with E-state index in [1.165, 1.54) is 54.7 Å². The van der Waals surface area contributed by atoms with Gasteiger partial charge in [-0.2, -0.15) is 0 Å². The van der Waals surface area contributed by atoms with E-state index < -0.39 is 118 Å². The number of benzene rings is 1. The minimum absolute atomic E-state index is 0.0123. The highest BCUT2D eigenvalue weighted by Gasteiger charge is 2.78. The Bertz CT molecular complexity index is 2150. The second-order valence-corrected chi connectivity index (χ2v) is 22.2. The Balaban J connectivity index is 0.00000497. The number of methoxy groups -OCH3 is 1. The molecular formula is C49H71NO16S2. The number of hydrogen-bond acceptors (Lipinski definition) is 18. The van der Waals surface area contributed by atoms with E-state index in [-0.39, 0.29) is 41.9 Å². The average molecular weight is 994 g/mol. The Kier molecular flexibility index (Phi) is 18.2. The highest BCUT2D eigenvalue weighted by Crippen LogP contribution is 2.64. The summed E-state index contributed by atoms with van der Waals surface area (Å²) < 4.78 is 41.8. The average Bonchev–Trinajstić information content (AvgIpc) is 3.24. The first-order chi connectivity index (χ1) is 31.6. The number of Topliss-reactive ketones (excluding diaryl/α,β-unsaturated/α-hetero) is 1. The number of carbonyl (C=O) groups is 6. The van der Waals surface area contributed by atoms with E-state index in [9.17, 15) is 39.3 Å². The van der Waals surface area contributed by atoms with Gasteiger partial charge in [0, 0.05) is 30.9 Å². The highest BCUT2D eigenvalue weighted by molar-refractivity contribution is 8.76. The monoisotopic (exact) mass is 993 g/mol. The van der Waals surface area contributed by atoms with Gasteiger partial charge < -0.3 is 53.8 Å². The number of rotatable bonds is 14. The summed E-state index contributed by atoms with van der Waals surface area (Å²) in [7, 11) is 4.16. The zero-order chi connectivity index (χ0) is 51.5. The SMILES string of the molecule is CC.COc1ccc(C)cc1C(=O)OC1[C@@H]2[C@]3(OC(C)=O)CO[C@@H]3C[C@H](O)[C@@]2(C)C(=O)[C@H](OC(=O)CCSSC)C2=C(C)[C@@H](OC(=O)[C@H](O)[C@H](C=C(C)C)NC(=O)OC(C)(C)C)C[C@]1(O)C2(C)C. The van der Waals surface area contributed by atoms with Crippen molar-refractivity contribution in [2.45, 2.75) is 169 Å². The Morgan fingerprint density at radius 3 is 2.22 bits per heavy atom. The van der Waals surface area contributed by atoms with Crippen molar-refractivity contribution in [3.8, 4) is 5.75 Å². The fraction of sp³-hybridized carbons (Fsp3) is 0.673. The van der Waals surface area contributed by atoms with Gasteiger partial charge in [-0.25, -0.2) is 14.4 Å². The first-order valence-corrected chi connectivity index (χ1v) is 25.5. The molecule has 1 aromatic rings. The van der Waals surface area contributed by atoms with Crippen LogP contribution in [0.5, 0.6) is 5.75 Å². The number of hydrogen-bond donors (Lipinski definition) is 4. The second kappa shape index (κ2) is 21.9. The first kappa shape index (κ1) is 56.4. The third-order valence-corrected chi connectivity index (χ3v) is 15.1. The summed E-state index contributed by atoms with van der Waals surface area (Å²) in [6.45, 7) is 20.9. The summed E-state index contributed by atoms with van der Waals surface area (Å²) >= 11 is 0. The quantitative estimate of drug-likeness (QED) is 0.0537. The Morgan fingerprint density at radius 1 is 1.03 bits per heavy atom. The fourth-order valence-electron chi connectivity index (χ4n) is 10.0. The normalized spacial score (nSPS) is 30.1. The van der Waals surface area contributed by atoms with Crippen LogP contribution in [-0.4, -0.2) is 136 Å². The Hall–Kier alpha value is -4.14. The van der Waals surface area contributed by atoms with Crippen LogP contribution in [0.2, 0.25) is 0 Å². The van der Waals surface area contributed by atoms with Gasteiger partial charge in [0.1, 0.15) is 40.8 Å². The minimum Gasteiger partial charge on any atom is -0.496 e. The number of ketones is 1. The van der Waals surface area contributed by atoms with E-state index in [1.807, 2.05) is 20.1 Å². The second-order valence-electron chi connectivity index (χ2n) is 19.5. The lowest BCUT2D eigenvalue weighted by atomic mass is 9.44. The van der Waals surface area contributed by atoms with Crippen LogP contribution >= 0.6 is 21.6 Å². The van der Waals surface area contributed by atoms with Crippen molar-refractivity contribution >= 4 is 57.3 Å². The third-order valence-electron chi connectivity index (χ3n) is 13.3. The van der Waals surface area contributed by atoms with Gasteiger partial charge in [0.15, 0.2) is 23.6 Å². The molecular weight excluding hydrogens is 923 g/mol. The van der Waals surface area contributed by atoms with Crippen molar-refractivity contribution in [2.24, 2.45) is 16.7 Å². The van der Waals surface area contributed by atoms with Crippen LogP contribution in [0.3, 0.4) is 0 Å². The van der Waals surface area contributed by atoms with E-state index in [1.54, 1.807) is 67.5 Å². The number of esters is 4. The molecule has 1 saturated heterocycles. The molecule has 3 fully saturated rings. The van der Waals surface area contributed by atoms with Gasteiger partial charge in [0.2, 0.25) is 0 Å². The fourth-order valence-corrected chi connectivity index (χ4v) is 11.2. The van der Waals surface area contributed by atoms with Crippen LogP contribution in [0.1, 0.15) is 118 Å². The predicted octanol–water partition coefficient (Wildman–Crippen LogP) is 6.15. The summed E-state index contributed by atoms with van der Waals surface area (Å²) in [6, 6.07) is 3.41. The molecule has 380 valence electrons. The molecule has 5 rings (SSSR count). The van der Waals surface area contributed by atoms with Gasteiger partial charge >= 0.3 is 30.0 Å². The molecule has 1 heterocycles. The van der Waals surface area contributed by atoms with Crippen molar-refractivity contribution < 1.29 is 77.2 Å². The molecule has 1 amide bonds.